The number of hydrogen-bond donors (Lipinski definition) is 3. The highest BCUT2D eigenvalue weighted by molar-refractivity contribution is 7.87. The van der Waals surface area contributed by atoms with Crippen LogP contribution in [0, 0.1) is 0 Å². The Hall–Kier alpha value is -0.700. The SMILES string of the molecule is NC(=O)C1CNCCN1S(=O)(=O)NC1CC1. The minimum absolute atomic E-state index is 0.0356. The summed E-state index contributed by atoms with van der Waals surface area (Å²) in [4.78, 5) is 11.2. The van der Waals surface area contributed by atoms with Gasteiger partial charge in [0, 0.05) is 25.7 Å². The first-order valence-electron chi connectivity index (χ1n) is 5.30. The van der Waals surface area contributed by atoms with Crippen LogP contribution in [0.4, 0.5) is 0 Å². The minimum atomic E-state index is -3.57. The third-order valence-corrected chi connectivity index (χ3v) is 4.41. The second kappa shape index (κ2) is 4.28. The first kappa shape index (κ1) is 11.8. The fourth-order valence-corrected chi connectivity index (χ4v) is 3.33. The number of piperazine rings is 1. The molecule has 2 fully saturated rings. The average molecular weight is 248 g/mol. The van der Waals surface area contributed by atoms with Gasteiger partial charge in [-0.15, -0.1) is 0 Å². The van der Waals surface area contributed by atoms with Gasteiger partial charge in [-0.1, -0.05) is 0 Å². The fraction of sp³-hybridized carbons (Fsp3) is 0.875. The summed E-state index contributed by atoms with van der Waals surface area (Å²) in [5.74, 6) is -0.617. The Labute approximate surface area is 94.5 Å². The summed E-state index contributed by atoms with van der Waals surface area (Å²) in [5, 5.41) is 2.95. The molecule has 1 atom stereocenters. The van der Waals surface area contributed by atoms with Gasteiger partial charge in [0.1, 0.15) is 6.04 Å². The Morgan fingerprint density at radius 3 is 2.69 bits per heavy atom. The van der Waals surface area contributed by atoms with E-state index in [4.69, 9.17) is 5.73 Å². The van der Waals surface area contributed by atoms with Crippen molar-refractivity contribution in [2.45, 2.75) is 24.9 Å². The third kappa shape index (κ3) is 2.51. The van der Waals surface area contributed by atoms with Gasteiger partial charge in [0.05, 0.1) is 0 Å². The lowest BCUT2D eigenvalue weighted by molar-refractivity contribution is -0.122. The molecule has 1 saturated heterocycles. The number of primary amides is 1. The quantitative estimate of drug-likeness (QED) is 0.522. The van der Waals surface area contributed by atoms with Crippen LogP contribution < -0.4 is 15.8 Å². The number of amides is 1. The van der Waals surface area contributed by atoms with E-state index < -0.39 is 22.2 Å². The first-order valence-corrected chi connectivity index (χ1v) is 6.74. The predicted molar refractivity (Wildman–Crippen MR) is 57.6 cm³/mol. The van der Waals surface area contributed by atoms with Crippen LogP contribution in [0.25, 0.3) is 0 Å². The van der Waals surface area contributed by atoms with Crippen molar-refractivity contribution in [3.8, 4) is 0 Å². The van der Waals surface area contributed by atoms with Gasteiger partial charge in [-0.05, 0) is 12.8 Å². The number of hydrogen-bond acceptors (Lipinski definition) is 4. The van der Waals surface area contributed by atoms with Gasteiger partial charge in [-0.3, -0.25) is 4.79 Å². The lowest BCUT2D eigenvalue weighted by atomic mass is 10.2. The van der Waals surface area contributed by atoms with E-state index in [0.717, 1.165) is 17.1 Å². The van der Waals surface area contributed by atoms with Gasteiger partial charge in [0.15, 0.2) is 0 Å². The second-order valence-corrected chi connectivity index (χ2v) is 5.79. The van der Waals surface area contributed by atoms with Crippen LogP contribution in [-0.2, 0) is 15.0 Å². The maximum Gasteiger partial charge on any atom is 0.280 e. The van der Waals surface area contributed by atoms with Crippen LogP contribution in [0.2, 0.25) is 0 Å². The molecular weight excluding hydrogens is 232 g/mol. The van der Waals surface area contributed by atoms with E-state index in [0.29, 0.717) is 6.54 Å². The Morgan fingerprint density at radius 1 is 1.44 bits per heavy atom. The molecule has 2 aliphatic rings. The van der Waals surface area contributed by atoms with Gasteiger partial charge in [0.2, 0.25) is 5.91 Å². The summed E-state index contributed by atoms with van der Waals surface area (Å²) in [5.41, 5.74) is 5.19. The molecule has 0 spiro atoms. The van der Waals surface area contributed by atoms with Crippen LogP contribution in [-0.4, -0.2) is 50.3 Å². The van der Waals surface area contributed by atoms with Crippen molar-refractivity contribution in [3.63, 3.8) is 0 Å². The largest absolute Gasteiger partial charge is 0.368 e. The van der Waals surface area contributed by atoms with Gasteiger partial charge in [0.25, 0.3) is 10.2 Å². The zero-order valence-corrected chi connectivity index (χ0v) is 9.66. The zero-order chi connectivity index (χ0) is 11.8. The van der Waals surface area contributed by atoms with E-state index in [1.54, 1.807) is 0 Å². The molecule has 0 bridgehead atoms. The number of nitrogens with zero attached hydrogens (tertiary/aromatic N) is 1. The van der Waals surface area contributed by atoms with E-state index in [2.05, 4.69) is 10.0 Å². The number of nitrogens with one attached hydrogen (secondary N) is 2. The Morgan fingerprint density at radius 2 is 2.12 bits per heavy atom. The van der Waals surface area contributed by atoms with E-state index in [1.165, 1.54) is 0 Å². The Kier molecular flexibility index (Phi) is 3.15. The topological polar surface area (TPSA) is 105 Å². The molecule has 0 radical (unpaired) electrons. The maximum atomic E-state index is 11.9. The first-order chi connectivity index (χ1) is 7.50. The van der Waals surface area contributed by atoms with Crippen LogP contribution in [0.5, 0.6) is 0 Å². The van der Waals surface area contributed by atoms with Crippen LogP contribution in [0.1, 0.15) is 12.8 Å². The number of carbonyl (C=O) groups excluding carboxylic acids is 1. The number of rotatable bonds is 4. The van der Waals surface area contributed by atoms with E-state index in [9.17, 15) is 13.2 Å². The molecule has 0 aromatic rings. The van der Waals surface area contributed by atoms with Gasteiger partial charge >= 0.3 is 0 Å². The second-order valence-electron chi connectivity index (χ2n) is 4.13. The normalized spacial score (nSPS) is 27.9. The van der Waals surface area contributed by atoms with Crippen molar-refractivity contribution in [3.05, 3.63) is 0 Å². The Bertz CT molecular complexity index is 379. The third-order valence-electron chi connectivity index (χ3n) is 2.72. The predicted octanol–water partition coefficient (Wildman–Crippen LogP) is -2.26. The van der Waals surface area contributed by atoms with Crippen molar-refractivity contribution in [2.75, 3.05) is 19.6 Å². The highest BCUT2D eigenvalue weighted by atomic mass is 32.2. The molecule has 1 saturated carbocycles. The molecule has 1 amide bonds. The molecule has 92 valence electrons. The smallest absolute Gasteiger partial charge is 0.280 e. The summed E-state index contributed by atoms with van der Waals surface area (Å²) in [7, 11) is -3.57. The van der Waals surface area contributed by atoms with Crippen molar-refractivity contribution >= 4 is 16.1 Å². The molecule has 16 heavy (non-hydrogen) atoms. The molecule has 8 heteroatoms. The molecule has 0 aromatic heterocycles. The Balaban J connectivity index is 2.11. The molecule has 2 rings (SSSR count). The maximum absolute atomic E-state index is 11.9. The van der Waals surface area contributed by atoms with Gasteiger partial charge in [-0.2, -0.15) is 17.4 Å². The average Bonchev–Trinajstić information content (AvgIpc) is 3.01. The highest BCUT2D eigenvalue weighted by Crippen LogP contribution is 2.21. The van der Waals surface area contributed by atoms with E-state index in [1.807, 2.05) is 0 Å². The summed E-state index contributed by atoms with van der Waals surface area (Å²) < 4.78 is 27.6. The van der Waals surface area contributed by atoms with Gasteiger partial charge in [-0.25, -0.2) is 0 Å². The lowest BCUT2D eigenvalue weighted by Gasteiger charge is -2.32. The van der Waals surface area contributed by atoms with Crippen molar-refractivity contribution in [2.24, 2.45) is 5.73 Å². The molecule has 1 aliphatic heterocycles. The van der Waals surface area contributed by atoms with Crippen molar-refractivity contribution in [1.82, 2.24) is 14.3 Å². The van der Waals surface area contributed by atoms with Crippen LogP contribution in [0.3, 0.4) is 0 Å². The summed E-state index contributed by atoms with van der Waals surface area (Å²) in [6.07, 6.45) is 1.74. The van der Waals surface area contributed by atoms with E-state index >= 15 is 0 Å². The number of nitrogens with two attached hydrogens (primary N) is 1. The lowest BCUT2D eigenvalue weighted by Crippen LogP contribution is -2.61. The molecule has 1 aliphatic carbocycles. The van der Waals surface area contributed by atoms with E-state index in [-0.39, 0.29) is 19.1 Å². The molecular formula is C8H16N4O3S. The summed E-state index contributed by atoms with van der Waals surface area (Å²) >= 11 is 0. The standard InChI is InChI=1S/C8H16N4O3S/c9-8(13)7-5-10-3-4-12(7)16(14,15)11-6-1-2-6/h6-7,10-11H,1-5H2,(H2,9,13). The molecule has 1 unspecified atom stereocenters. The molecule has 7 nitrogen and oxygen atoms in total. The van der Waals surface area contributed by atoms with Crippen LogP contribution >= 0.6 is 0 Å². The van der Waals surface area contributed by atoms with Crippen molar-refractivity contribution in [1.29, 1.82) is 0 Å². The fourth-order valence-electron chi connectivity index (χ4n) is 1.70. The summed E-state index contributed by atoms with van der Waals surface area (Å²) in [6, 6.07) is -0.751. The van der Waals surface area contributed by atoms with Crippen molar-refractivity contribution < 1.29 is 13.2 Å². The molecule has 1 heterocycles. The summed E-state index contributed by atoms with van der Waals surface area (Å²) in [6.45, 7) is 1.09. The highest BCUT2D eigenvalue weighted by Gasteiger charge is 2.38. The molecule has 0 aromatic carbocycles. The monoisotopic (exact) mass is 248 g/mol. The minimum Gasteiger partial charge on any atom is -0.368 e. The van der Waals surface area contributed by atoms with Crippen LogP contribution in [0.15, 0.2) is 0 Å². The number of carbonyl (C=O) groups is 1. The molecule has 4 N–H and O–H groups in total. The van der Waals surface area contributed by atoms with Gasteiger partial charge < -0.3 is 11.1 Å². The zero-order valence-electron chi connectivity index (χ0n) is 8.85.